The van der Waals surface area contributed by atoms with Crippen molar-refractivity contribution in [3.63, 3.8) is 0 Å². The molecular formula is C10H11NO2. The van der Waals surface area contributed by atoms with Crippen molar-refractivity contribution in [1.29, 1.82) is 0 Å². The lowest BCUT2D eigenvalue weighted by molar-refractivity contribution is -0.107. The highest BCUT2D eigenvalue weighted by Gasteiger charge is 2.12. The molecule has 0 bridgehead atoms. The molecule has 0 saturated heterocycles. The summed E-state index contributed by atoms with van der Waals surface area (Å²) < 4.78 is 5.43. The van der Waals surface area contributed by atoms with Gasteiger partial charge in [-0.25, -0.2) is 0 Å². The predicted octanol–water partition coefficient (Wildman–Crippen LogP) is 1.23. The Kier molecular flexibility index (Phi) is 2.17. The third-order valence-corrected chi connectivity index (χ3v) is 2.08. The minimum absolute atomic E-state index is 0.444. The van der Waals surface area contributed by atoms with Crippen molar-refractivity contribution in [1.82, 2.24) is 0 Å². The SMILES string of the molecule is O=CCc1cccc2c1NCCO2. The zero-order chi connectivity index (χ0) is 9.10. The summed E-state index contributed by atoms with van der Waals surface area (Å²) in [4.78, 5) is 10.4. The largest absolute Gasteiger partial charge is 0.490 e. The van der Waals surface area contributed by atoms with Gasteiger partial charge in [0.25, 0.3) is 0 Å². The monoisotopic (exact) mass is 177 g/mol. The lowest BCUT2D eigenvalue weighted by Crippen LogP contribution is -2.19. The molecule has 0 fully saturated rings. The molecule has 0 aliphatic carbocycles. The van der Waals surface area contributed by atoms with Gasteiger partial charge in [0.05, 0.1) is 5.69 Å². The van der Waals surface area contributed by atoms with Gasteiger partial charge in [0, 0.05) is 13.0 Å². The fourth-order valence-corrected chi connectivity index (χ4v) is 1.49. The number of rotatable bonds is 2. The molecule has 2 rings (SSSR count). The predicted molar refractivity (Wildman–Crippen MR) is 50.2 cm³/mol. The summed E-state index contributed by atoms with van der Waals surface area (Å²) in [7, 11) is 0. The van der Waals surface area contributed by atoms with E-state index < -0.39 is 0 Å². The molecule has 3 nitrogen and oxygen atoms in total. The van der Waals surface area contributed by atoms with Crippen molar-refractivity contribution < 1.29 is 9.53 Å². The summed E-state index contributed by atoms with van der Waals surface area (Å²) in [5.41, 5.74) is 1.98. The maximum atomic E-state index is 10.4. The number of carbonyl (C=O) groups excluding carboxylic acids is 1. The highest BCUT2D eigenvalue weighted by atomic mass is 16.5. The molecule has 1 aliphatic rings. The van der Waals surface area contributed by atoms with Crippen LogP contribution in [0.2, 0.25) is 0 Å². The van der Waals surface area contributed by atoms with E-state index in [1.54, 1.807) is 0 Å². The number of anilines is 1. The summed E-state index contributed by atoms with van der Waals surface area (Å²) in [6, 6.07) is 5.76. The van der Waals surface area contributed by atoms with Gasteiger partial charge in [-0.05, 0) is 11.6 Å². The van der Waals surface area contributed by atoms with Crippen LogP contribution >= 0.6 is 0 Å². The molecular weight excluding hydrogens is 166 g/mol. The van der Waals surface area contributed by atoms with Crippen LogP contribution < -0.4 is 10.1 Å². The van der Waals surface area contributed by atoms with E-state index >= 15 is 0 Å². The third-order valence-electron chi connectivity index (χ3n) is 2.08. The molecule has 1 aromatic rings. The minimum Gasteiger partial charge on any atom is -0.490 e. The van der Waals surface area contributed by atoms with Crippen molar-refractivity contribution >= 4 is 12.0 Å². The normalized spacial score (nSPS) is 13.8. The van der Waals surface area contributed by atoms with Crippen LogP contribution in [0.15, 0.2) is 18.2 Å². The first-order valence-corrected chi connectivity index (χ1v) is 4.34. The number of para-hydroxylation sites is 1. The molecule has 0 saturated carbocycles. The van der Waals surface area contributed by atoms with Crippen molar-refractivity contribution in [2.24, 2.45) is 0 Å². The third kappa shape index (κ3) is 1.49. The summed E-state index contributed by atoms with van der Waals surface area (Å²) in [5.74, 6) is 0.852. The summed E-state index contributed by atoms with van der Waals surface area (Å²) >= 11 is 0. The highest BCUT2D eigenvalue weighted by Crippen LogP contribution is 2.30. The number of benzene rings is 1. The number of aldehydes is 1. The Morgan fingerprint density at radius 2 is 2.46 bits per heavy atom. The Morgan fingerprint density at radius 1 is 1.54 bits per heavy atom. The van der Waals surface area contributed by atoms with Gasteiger partial charge >= 0.3 is 0 Å². The van der Waals surface area contributed by atoms with Gasteiger partial charge in [-0.2, -0.15) is 0 Å². The first kappa shape index (κ1) is 8.10. The number of hydrogen-bond donors (Lipinski definition) is 1. The zero-order valence-electron chi connectivity index (χ0n) is 7.25. The zero-order valence-corrected chi connectivity index (χ0v) is 7.25. The summed E-state index contributed by atoms with van der Waals surface area (Å²) in [6.45, 7) is 1.50. The van der Waals surface area contributed by atoms with Crippen LogP contribution in [0.4, 0.5) is 5.69 Å². The molecule has 13 heavy (non-hydrogen) atoms. The Bertz CT molecular complexity index is 323. The van der Waals surface area contributed by atoms with E-state index in [2.05, 4.69) is 5.32 Å². The number of hydrogen-bond acceptors (Lipinski definition) is 3. The van der Waals surface area contributed by atoms with E-state index in [1.165, 1.54) is 0 Å². The van der Waals surface area contributed by atoms with Gasteiger partial charge in [-0.3, -0.25) is 0 Å². The molecule has 1 heterocycles. The van der Waals surface area contributed by atoms with Gasteiger partial charge in [0.15, 0.2) is 0 Å². The second-order valence-corrected chi connectivity index (χ2v) is 2.94. The van der Waals surface area contributed by atoms with Crippen LogP contribution in [0.25, 0.3) is 0 Å². The molecule has 68 valence electrons. The Balaban J connectivity index is 2.39. The smallest absolute Gasteiger partial charge is 0.142 e. The van der Waals surface area contributed by atoms with Gasteiger partial charge in [-0.15, -0.1) is 0 Å². The van der Waals surface area contributed by atoms with Crippen molar-refractivity contribution in [2.75, 3.05) is 18.5 Å². The second-order valence-electron chi connectivity index (χ2n) is 2.94. The number of carbonyl (C=O) groups is 1. The van der Waals surface area contributed by atoms with Crippen LogP contribution in [0.1, 0.15) is 5.56 Å². The fraction of sp³-hybridized carbons (Fsp3) is 0.300. The average molecular weight is 177 g/mol. The van der Waals surface area contributed by atoms with Crippen LogP contribution in [-0.2, 0) is 11.2 Å². The molecule has 0 radical (unpaired) electrons. The molecule has 1 N–H and O–H groups in total. The van der Waals surface area contributed by atoms with Gasteiger partial charge in [-0.1, -0.05) is 12.1 Å². The maximum absolute atomic E-state index is 10.4. The van der Waals surface area contributed by atoms with E-state index in [0.29, 0.717) is 13.0 Å². The van der Waals surface area contributed by atoms with Crippen LogP contribution in [0, 0.1) is 0 Å². The number of ether oxygens (including phenoxy) is 1. The van der Waals surface area contributed by atoms with Crippen molar-refractivity contribution in [2.45, 2.75) is 6.42 Å². The van der Waals surface area contributed by atoms with Gasteiger partial charge in [0.1, 0.15) is 18.6 Å². The first-order chi connectivity index (χ1) is 6.42. The van der Waals surface area contributed by atoms with Crippen LogP contribution in [-0.4, -0.2) is 19.4 Å². The molecule has 0 amide bonds. The Morgan fingerprint density at radius 3 is 3.31 bits per heavy atom. The minimum atomic E-state index is 0.444. The van der Waals surface area contributed by atoms with E-state index in [-0.39, 0.29) is 0 Å². The molecule has 0 spiro atoms. The fourth-order valence-electron chi connectivity index (χ4n) is 1.49. The summed E-state index contributed by atoms with van der Waals surface area (Å²) in [5, 5.41) is 3.23. The topological polar surface area (TPSA) is 38.3 Å². The Hall–Kier alpha value is -1.51. The molecule has 0 unspecified atom stereocenters. The quantitative estimate of drug-likeness (QED) is 0.690. The molecule has 0 aromatic heterocycles. The molecule has 1 aliphatic heterocycles. The van der Waals surface area contributed by atoms with E-state index in [0.717, 1.165) is 29.8 Å². The number of fused-ring (bicyclic) bond motifs is 1. The lowest BCUT2D eigenvalue weighted by atomic mass is 10.1. The lowest BCUT2D eigenvalue weighted by Gasteiger charge is -2.21. The first-order valence-electron chi connectivity index (χ1n) is 4.34. The van der Waals surface area contributed by atoms with E-state index in [4.69, 9.17) is 4.74 Å². The van der Waals surface area contributed by atoms with Crippen molar-refractivity contribution in [3.05, 3.63) is 23.8 Å². The van der Waals surface area contributed by atoms with Gasteiger partial charge < -0.3 is 14.8 Å². The highest BCUT2D eigenvalue weighted by molar-refractivity contribution is 5.68. The van der Waals surface area contributed by atoms with Gasteiger partial charge in [0.2, 0.25) is 0 Å². The van der Waals surface area contributed by atoms with Crippen molar-refractivity contribution in [3.8, 4) is 5.75 Å². The maximum Gasteiger partial charge on any atom is 0.142 e. The molecule has 3 heteroatoms. The van der Waals surface area contributed by atoms with E-state index in [1.807, 2.05) is 18.2 Å². The van der Waals surface area contributed by atoms with Crippen LogP contribution in [0.3, 0.4) is 0 Å². The number of nitrogens with one attached hydrogen (secondary N) is 1. The molecule has 0 atom stereocenters. The van der Waals surface area contributed by atoms with E-state index in [9.17, 15) is 4.79 Å². The average Bonchev–Trinajstić information content (AvgIpc) is 2.19. The summed E-state index contributed by atoms with van der Waals surface area (Å²) in [6.07, 6.45) is 1.35. The van der Waals surface area contributed by atoms with Crippen LogP contribution in [0.5, 0.6) is 5.75 Å². The molecule has 1 aromatic carbocycles. The standard InChI is InChI=1S/C10H11NO2/c12-6-4-8-2-1-3-9-10(8)11-5-7-13-9/h1-3,6,11H,4-5,7H2. The Labute approximate surface area is 76.7 Å². The second kappa shape index (κ2) is 3.47.